The molecule has 16 heavy (non-hydrogen) atoms. The van der Waals surface area contributed by atoms with E-state index in [1.165, 1.54) is 4.90 Å². The van der Waals surface area contributed by atoms with E-state index in [4.69, 9.17) is 11.6 Å². The Labute approximate surface area is 107 Å². The number of carbonyl (C=O) groups excluding carboxylic acids is 1. The van der Waals surface area contributed by atoms with Crippen LogP contribution < -0.4 is 0 Å². The maximum atomic E-state index is 11.7. The number of likely N-dealkylation sites (N-methyl/N-ethyl adjacent to an activating group) is 1. The zero-order valence-electron chi connectivity index (χ0n) is 8.48. The number of hydrogen-bond acceptors (Lipinski definition) is 2. The summed E-state index contributed by atoms with van der Waals surface area (Å²) in [6.45, 7) is 0. The van der Waals surface area contributed by atoms with Gasteiger partial charge in [0.25, 0.3) is 0 Å². The van der Waals surface area contributed by atoms with E-state index in [2.05, 4.69) is 21.0 Å². The molecule has 2 rings (SSSR count). The molecule has 0 atom stereocenters. The van der Waals surface area contributed by atoms with Crippen molar-refractivity contribution in [3.05, 3.63) is 40.5 Å². The number of carbonyl (C=O) groups is 1. The summed E-state index contributed by atoms with van der Waals surface area (Å²) >= 11 is 8.51. The first-order chi connectivity index (χ1) is 7.58. The molecule has 81 valence electrons. The molecule has 0 saturated carbocycles. The second-order valence-corrected chi connectivity index (χ2v) is 4.54. The fourth-order valence-electron chi connectivity index (χ4n) is 1.30. The molecule has 0 spiro atoms. The van der Waals surface area contributed by atoms with Crippen LogP contribution in [-0.2, 0) is 4.79 Å². The van der Waals surface area contributed by atoms with Crippen molar-refractivity contribution < 1.29 is 4.79 Å². The summed E-state index contributed by atoms with van der Waals surface area (Å²) in [5.74, 6) is -0.108. The predicted molar refractivity (Wildman–Crippen MR) is 65.4 cm³/mol. The number of rotatable bonds is 1. The van der Waals surface area contributed by atoms with Crippen LogP contribution in [0.4, 0.5) is 0 Å². The summed E-state index contributed by atoms with van der Waals surface area (Å²) < 4.78 is 0.588. The van der Waals surface area contributed by atoms with Crippen molar-refractivity contribution in [2.24, 2.45) is 4.99 Å². The molecule has 1 amide bonds. The fourth-order valence-corrected chi connectivity index (χ4v) is 1.80. The Morgan fingerprint density at radius 1 is 1.38 bits per heavy atom. The van der Waals surface area contributed by atoms with Gasteiger partial charge in [0.1, 0.15) is 0 Å². The first kappa shape index (κ1) is 11.4. The van der Waals surface area contributed by atoms with Gasteiger partial charge in [-0.3, -0.25) is 0 Å². The van der Waals surface area contributed by atoms with Gasteiger partial charge in [-0.1, -0.05) is 0 Å². The van der Waals surface area contributed by atoms with Gasteiger partial charge in [-0.2, -0.15) is 0 Å². The molecule has 1 aliphatic heterocycles. The van der Waals surface area contributed by atoms with Gasteiger partial charge >= 0.3 is 107 Å². The molecule has 0 saturated heterocycles. The molecule has 5 heteroatoms. The first-order valence-electron chi connectivity index (χ1n) is 4.59. The summed E-state index contributed by atoms with van der Waals surface area (Å²) in [6, 6.07) is 7.24. The van der Waals surface area contributed by atoms with Gasteiger partial charge < -0.3 is 0 Å². The number of amidine groups is 1. The van der Waals surface area contributed by atoms with E-state index in [0.29, 0.717) is 15.5 Å². The van der Waals surface area contributed by atoms with Gasteiger partial charge in [-0.05, 0) is 0 Å². The van der Waals surface area contributed by atoms with Crippen molar-refractivity contribution in [2.75, 3.05) is 7.05 Å². The number of aliphatic imine (C=N–C) groups is 1. The summed E-state index contributed by atoms with van der Waals surface area (Å²) in [5, 5.41) is 0.671. The van der Waals surface area contributed by atoms with Crippen molar-refractivity contribution >= 4 is 44.3 Å². The maximum absolute atomic E-state index is 11.7. The quantitative estimate of drug-likeness (QED) is 0.573. The summed E-state index contributed by atoms with van der Waals surface area (Å²) in [5.41, 5.74) is 1.33. The number of halogens is 1. The SMILES string of the molecule is CN1C(=O)/C(=C/c2ccc(Cl)cc2)N=C1[Se]. The Bertz CT molecular complexity index is 493. The molecule has 1 heterocycles. The van der Waals surface area contributed by atoms with Crippen LogP contribution in [0.3, 0.4) is 0 Å². The summed E-state index contributed by atoms with van der Waals surface area (Å²) in [4.78, 5) is 17.3. The van der Waals surface area contributed by atoms with Crippen LogP contribution in [0.1, 0.15) is 5.56 Å². The van der Waals surface area contributed by atoms with Gasteiger partial charge in [0, 0.05) is 0 Å². The molecule has 1 aromatic rings. The van der Waals surface area contributed by atoms with Gasteiger partial charge in [0.05, 0.1) is 0 Å². The zero-order valence-corrected chi connectivity index (χ0v) is 10.9. The van der Waals surface area contributed by atoms with Crippen LogP contribution in [0.25, 0.3) is 6.08 Å². The van der Waals surface area contributed by atoms with E-state index >= 15 is 0 Å². The molecule has 0 N–H and O–H groups in total. The number of benzene rings is 1. The van der Waals surface area contributed by atoms with Gasteiger partial charge in [0.2, 0.25) is 0 Å². The third kappa shape index (κ3) is 2.19. The standard InChI is InChI=1S/C11H8ClN2OSe/c1-14-10(15)9(13-11(14)16)6-7-2-4-8(12)5-3-7/h2-6H,1H3/b9-6-. The topological polar surface area (TPSA) is 32.7 Å². The second-order valence-electron chi connectivity index (χ2n) is 3.34. The molecule has 0 aliphatic carbocycles. The molecular formula is C11H8ClN2OSe. The van der Waals surface area contributed by atoms with Crippen LogP contribution in [0.5, 0.6) is 0 Å². The summed E-state index contributed by atoms with van der Waals surface area (Å²) in [7, 11) is 1.68. The number of amides is 1. The minimum absolute atomic E-state index is 0.108. The average molecular weight is 299 g/mol. The van der Waals surface area contributed by atoms with Crippen molar-refractivity contribution in [2.45, 2.75) is 0 Å². The van der Waals surface area contributed by atoms with E-state index in [1.54, 1.807) is 25.3 Å². The second kappa shape index (κ2) is 4.42. The van der Waals surface area contributed by atoms with Gasteiger partial charge in [-0.25, -0.2) is 0 Å². The molecule has 0 unspecified atom stereocenters. The Morgan fingerprint density at radius 2 is 2.00 bits per heavy atom. The molecule has 3 nitrogen and oxygen atoms in total. The molecule has 1 aromatic carbocycles. The normalized spacial score (nSPS) is 18.1. The van der Waals surface area contributed by atoms with Gasteiger partial charge in [0.15, 0.2) is 0 Å². The van der Waals surface area contributed by atoms with E-state index in [0.717, 1.165) is 5.56 Å². The van der Waals surface area contributed by atoms with Crippen molar-refractivity contribution in [1.82, 2.24) is 4.90 Å². The zero-order chi connectivity index (χ0) is 11.7. The van der Waals surface area contributed by atoms with Crippen LogP contribution >= 0.6 is 11.6 Å². The molecule has 0 aromatic heterocycles. The number of nitrogens with zero attached hydrogens (tertiary/aromatic N) is 2. The molecule has 1 radical (unpaired) electrons. The third-order valence-electron chi connectivity index (χ3n) is 2.20. The monoisotopic (exact) mass is 299 g/mol. The van der Waals surface area contributed by atoms with E-state index in [1.807, 2.05) is 12.1 Å². The minimum atomic E-state index is -0.108. The van der Waals surface area contributed by atoms with E-state index < -0.39 is 0 Å². The molecule has 1 aliphatic rings. The predicted octanol–water partition coefficient (Wildman–Crippen LogP) is 1.68. The van der Waals surface area contributed by atoms with Gasteiger partial charge in [-0.15, -0.1) is 0 Å². The molecular weight excluding hydrogens is 291 g/mol. The van der Waals surface area contributed by atoms with Crippen LogP contribution in [-0.4, -0.2) is 38.6 Å². The first-order valence-corrected chi connectivity index (χ1v) is 5.82. The van der Waals surface area contributed by atoms with Crippen molar-refractivity contribution in [3.63, 3.8) is 0 Å². The molecule has 0 fully saturated rings. The number of hydrogen-bond donors (Lipinski definition) is 0. The third-order valence-corrected chi connectivity index (χ3v) is 3.22. The van der Waals surface area contributed by atoms with Crippen molar-refractivity contribution in [3.8, 4) is 0 Å². The Kier molecular flexibility index (Phi) is 3.15. The summed E-state index contributed by atoms with van der Waals surface area (Å²) in [6.07, 6.45) is 1.74. The van der Waals surface area contributed by atoms with Crippen molar-refractivity contribution in [1.29, 1.82) is 0 Å². The fraction of sp³-hybridized carbons (Fsp3) is 0.0909. The average Bonchev–Trinajstić information content (AvgIpc) is 2.50. The Hall–Kier alpha value is -1.09. The molecule has 0 bridgehead atoms. The Balaban J connectivity index is 2.32. The van der Waals surface area contributed by atoms with Crippen LogP contribution in [0, 0.1) is 0 Å². The van der Waals surface area contributed by atoms with E-state index in [-0.39, 0.29) is 5.91 Å². The van der Waals surface area contributed by atoms with Crippen LogP contribution in [0.2, 0.25) is 5.02 Å². The van der Waals surface area contributed by atoms with E-state index in [9.17, 15) is 4.79 Å². The Morgan fingerprint density at radius 3 is 2.50 bits per heavy atom. The van der Waals surface area contributed by atoms with Crippen LogP contribution in [0.15, 0.2) is 35.0 Å².